The maximum atomic E-state index is 11.0. The van der Waals surface area contributed by atoms with Crippen molar-refractivity contribution in [2.75, 3.05) is 0 Å². The van der Waals surface area contributed by atoms with E-state index in [4.69, 9.17) is 16.1 Å². The molecule has 2 aromatic rings. The number of hydrogen-bond acceptors (Lipinski definition) is 5. The quantitative estimate of drug-likeness (QED) is 0.629. The number of nitrogens with zero attached hydrogens (tertiary/aromatic N) is 2. The predicted octanol–water partition coefficient (Wildman–Crippen LogP) is 3.22. The van der Waals surface area contributed by atoms with Crippen LogP contribution in [0.5, 0.6) is 0 Å². The lowest BCUT2D eigenvalue weighted by atomic mass is 10.4. The summed E-state index contributed by atoms with van der Waals surface area (Å²) in [5, 5.41) is 4.40. The maximum Gasteiger partial charge on any atom is 0.293 e. The van der Waals surface area contributed by atoms with Gasteiger partial charge >= 0.3 is 0 Å². The molecule has 0 bridgehead atoms. The molecule has 0 aliphatic carbocycles. The van der Waals surface area contributed by atoms with Crippen LogP contribution in [0.1, 0.15) is 23.4 Å². The van der Waals surface area contributed by atoms with Crippen LogP contribution in [0, 0.1) is 0 Å². The zero-order chi connectivity index (χ0) is 12.3. The summed E-state index contributed by atoms with van der Waals surface area (Å²) < 4.78 is 4.79. The van der Waals surface area contributed by atoms with Crippen LogP contribution in [0.15, 0.2) is 33.7 Å². The van der Waals surface area contributed by atoms with Crippen LogP contribution >= 0.6 is 23.4 Å². The van der Waals surface area contributed by atoms with E-state index in [9.17, 15) is 4.79 Å². The van der Waals surface area contributed by atoms with Crippen molar-refractivity contribution in [2.24, 2.45) is 0 Å². The number of rotatable bonds is 4. The SMILES string of the molecule is CC(=O)c1nc(CSc2ccccc2Cl)no1. The van der Waals surface area contributed by atoms with Gasteiger partial charge in [0.2, 0.25) is 5.78 Å². The van der Waals surface area contributed by atoms with Gasteiger partial charge in [-0.1, -0.05) is 28.9 Å². The summed E-state index contributed by atoms with van der Waals surface area (Å²) in [6.45, 7) is 1.39. The Labute approximate surface area is 107 Å². The van der Waals surface area contributed by atoms with Gasteiger partial charge in [0.05, 0.1) is 10.8 Å². The molecule has 0 N–H and O–H groups in total. The van der Waals surface area contributed by atoms with Crippen molar-refractivity contribution in [1.29, 1.82) is 0 Å². The number of hydrogen-bond donors (Lipinski definition) is 0. The average Bonchev–Trinajstić information content (AvgIpc) is 2.77. The van der Waals surface area contributed by atoms with Gasteiger partial charge < -0.3 is 4.52 Å². The van der Waals surface area contributed by atoms with Crippen LogP contribution in [-0.2, 0) is 5.75 Å². The molecule has 0 aliphatic heterocycles. The number of carbonyl (C=O) groups is 1. The molecular weight excluding hydrogens is 260 g/mol. The van der Waals surface area contributed by atoms with Gasteiger partial charge in [0.25, 0.3) is 5.89 Å². The Hall–Kier alpha value is -1.33. The molecule has 0 amide bonds. The zero-order valence-corrected chi connectivity index (χ0v) is 10.6. The molecule has 6 heteroatoms. The minimum atomic E-state index is -0.230. The number of carbonyl (C=O) groups excluding carboxylic acids is 1. The lowest BCUT2D eigenvalue weighted by Gasteiger charge is -2.00. The normalized spacial score (nSPS) is 10.5. The molecule has 88 valence electrons. The number of halogens is 1. The first-order valence-electron chi connectivity index (χ1n) is 4.87. The molecular formula is C11H9ClN2O2S. The van der Waals surface area contributed by atoms with Crippen molar-refractivity contribution >= 4 is 29.1 Å². The molecule has 0 atom stereocenters. The molecule has 1 aromatic carbocycles. The largest absolute Gasteiger partial charge is 0.331 e. The van der Waals surface area contributed by atoms with E-state index in [1.807, 2.05) is 24.3 Å². The minimum absolute atomic E-state index is 0.0414. The Morgan fingerprint density at radius 2 is 2.24 bits per heavy atom. The van der Waals surface area contributed by atoms with Crippen molar-refractivity contribution in [3.63, 3.8) is 0 Å². The Bertz CT molecular complexity index is 542. The summed E-state index contributed by atoms with van der Waals surface area (Å²) in [6.07, 6.45) is 0. The van der Waals surface area contributed by atoms with Crippen LogP contribution in [0.4, 0.5) is 0 Å². The van der Waals surface area contributed by atoms with E-state index in [-0.39, 0.29) is 11.7 Å². The highest BCUT2D eigenvalue weighted by atomic mass is 35.5. The van der Waals surface area contributed by atoms with Crippen LogP contribution < -0.4 is 0 Å². The molecule has 0 saturated heterocycles. The third-order valence-electron chi connectivity index (χ3n) is 1.96. The highest BCUT2D eigenvalue weighted by Gasteiger charge is 2.10. The van der Waals surface area contributed by atoms with Crippen LogP contribution in [0.25, 0.3) is 0 Å². The van der Waals surface area contributed by atoms with E-state index >= 15 is 0 Å². The van der Waals surface area contributed by atoms with Gasteiger partial charge in [-0.25, -0.2) is 0 Å². The van der Waals surface area contributed by atoms with E-state index < -0.39 is 0 Å². The monoisotopic (exact) mass is 268 g/mol. The van der Waals surface area contributed by atoms with E-state index in [0.29, 0.717) is 16.6 Å². The van der Waals surface area contributed by atoms with Gasteiger partial charge in [-0.2, -0.15) is 4.98 Å². The lowest BCUT2D eigenvalue weighted by molar-refractivity contribution is 0.0972. The molecule has 0 saturated carbocycles. The minimum Gasteiger partial charge on any atom is -0.331 e. The second-order valence-corrected chi connectivity index (χ2v) is 4.72. The second kappa shape index (κ2) is 5.33. The lowest BCUT2D eigenvalue weighted by Crippen LogP contribution is -1.92. The summed E-state index contributed by atoms with van der Waals surface area (Å²) in [5.74, 6) is 0.812. The molecule has 0 unspecified atom stereocenters. The molecule has 4 nitrogen and oxygen atoms in total. The third-order valence-corrected chi connectivity index (χ3v) is 3.47. The van der Waals surface area contributed by atoms with E-state index in [1.54, 1.807) is 0 Å². The third kappa shape index (κ3) is 3.08. The van der Waals surface area contributed by atoms with Gasteiger partial charge in [-0.05, 0) is 12.1 Å². The highest BCUT2D eigenvalue weighted by Crippen LogP contribution is 2.28. The fourth-order valence-corrected chi connectivity index (χ4v) is 2.24. The topological polar surface area (TPSA) is 56.0 Å². The first-order valence-corrected chi connectivity index (χ1v) is 6.24. The molecule has 2 rings (SSSR count). The van der Waals surface area contributed by atoms with Crippen molar-refractivity contribution in [3.8, 4) is 0 Å². The van der Waals surface area contributed by atoms with Gasteiger partial charge in [0, 0.05) is 11.8 Å². The Kier molecular flexibility index (Phi) is 3.81. The number of Topliss-reactive ketones (excluding diaryl/α,β-unsaturated/α-hetero) is 1. The van der Waals surface area contributed by atoms with Crippen LogP contribution in [0.3, 0.4) is 0 Å². The summed E-state index contributed by atoms with van der Waals surface area (Å²) in [7, 11) is 0. The van der Waals surface area contributed by atoms with Gasteiger partial charge in [-0.3, -0.25) is 4.79 Å². The van der Waals surface area contributed by atoms with Crippen LogP contribution in [0.2, 0.25) is 5.02 Å². The molecule has 1 heterocycles. The number of thioether (sulfide) groups is 1. The van der Waals surface area contributed by atoms with Crippen molar-refractivity contribution in [1.82, 2.24) is 10.1 Å². The number of ketones is 1. The maximum absolute atomic E-state index is 11.0. The van der Waals surface area contributed by atoms with Gasteiger partial charge in [0.1, 0.15) is 0 Å². The summed E-state index contributed by atoms with van der Waals surface area (Å²) in [5.41, 5.74) is 0. The van der Waals surface area contributed by atoms with Crippen LogP contribution in [-0.4, -0.2) is 15.9 Å². The molecule has 1 aromatic heterocycles. The first kappa shape index (κ1) is 12.1. The summed E-state index contributed by atoms with van der Waals surface area (Å²) in [6, 6.07) is 7.51. The van der Waals surface area contributed by atoms with Crippen molar-refractivity contribution in [3.05, 3.63) is 41.0 Å². The fourth-order valence-electron chi connectivity index (χ4n) is 1.16. The molecule has 17 heavy (non-hydrogen) atoms. The molecule has 0 fully saturated rings. The summed E-state index contributed by atoms with van der Waals surface area (Å²) in [4.78, 5) is 15.9. The van der Waals surface area contributed by atoms with Gasteiger partial charge in [0.15, 0.2) is 5.82 Å². The van der Waals surface area contributed by atoms with Gasteiger partial charge in [-0.15, -0.1) is 11.8 Å². The Morgan fingerprint density at radius 3 is 2.88 bits per heavy atom. The first-order chi connectivity index (χ1) is 8.16. The highest BCUT2D eigenvalue weighted by molar-refractivity contribution is 7.98. The number of aromatic nitrogens is 2. The smallest absolute Gasteiger partial charge is 0.293 e. The zero-order valence-electron chi connectivity index (χ0n) is 9.01. The molecule has 0 radical (unpaired) electrons. The second-order valence-electron chi connectivity index (χ2n) is 3.29. The van der Waals surface area contributed by atoms with Crippen molar-refractivity contribution < 1.29 is 9.32 Å². The standard InChI is InChI=1S/C11H9ClN2O2S/c1-7(15)11-13-10(14-16-11)6-17-9-5-3-2-4-8(9)12/h2-5H,6H2,1H3. The number of benzene rings is 1. The average molecular weight is 269 g/mol. The fraction of sp³-hybridized carbons (Fsp3) is 0.182. The van der Waals surface area contributed by atoms with E-state index in [2.05, 4.69) is 10.1 Å². The molecule has 0 spiro atoms. The Morgan fingerprint density at radius 1 is 1.47 bits per heavy atom. The Balaban J connectivity index is 2.02. The van der Waals surface area contributed by atoms with Crippen molar-refractivity contribution in [2.45, 2.75) is 17.6 Å². The molecule has 0 aliphatic rings. The van der Waals surface area contributed by atoms with E-state index in [1.165, 1.54) is 18.7 Å². The summed E-state index contributed by atoms with van der Waals surface area (Å²) >= 11 is 7.50. The predicted molar refractivity (Wildman–Crippen MR) is 65.3 cm³/mol. The van der Waals surface area contributed by atoms with E-state index in [0.717, 1.165) is 4.90 Å².